The Labute approximate surface area is 161 Å². The molecule has 1 amide bonds. The van der Waals surface area contributed by atoms with Crippen molar-refractivity contribution in [3.8, 4) is 5.75 Å². The van der Waals surface area contributed by atoms with E-state index >= 15 is 0 Å². The van der Waals surface area contributed by atoms with Crippen molar-refractivity contribution in [1.82, 2.24) is 15.2 Å². The number of thioether (sulfide) groups is 1. The first-order valence-corrected chi connectivity index (χ1v) is 8.84. The minimum atomic E-state index is -4.76. The maximum absolute atomic E-state index is 12.4. The number of carbonyl (C=O) groups excluding carboxylic acids is 1. The molecular weight excluding hydrogens is 395 g/mol. The second-order valence-electron chi connectivity index (χ2n) is 5.52. The average molecular weight is 409 g/mol. The minimum Gasteiger partial charge on any atom is -0.406 e. The molecule has 0 radical (unpaired) electrons. The molecule has 3 aromatic rings. The van der Waals surface area contributed by atoms with Gasteiger partial charge >= 0.3 is 6.36 Å². The second-order valence-corrected chi connectivity index (χ2v) is 6.46. The Morgan fingerprint density at radius 1 is 1.21 bits per heavy atom. The smallest absolute Gasteiger partial charge is 0.406 e. The van der Waals surface area contributed by atoms with Crippen LogP contribution >= 0.6 is 11.8 Å². The van der Waals surface area contributed by atoms with Crippen LogP contribution in [0.3, 0.4) is 0 Å². The lowest BCUT2D eigenvalue weighted by Crippen LogP contribution is -2.17. The topological polar surface area (TPSA) is 106 Å². The summed E-state index contributed by atoms with van der Waals surface area (Å²) in [5.74, 6) is -0.0000745. The molecule has 0 fully saturated rings. The van der Waals surface area contributed by atoms with Crippen molar-refractivity contribution in [2.45, 2.75) is 17.3 Å². The van der Waals surface area contributed by atoms with Gasteiger partial charge in [0.05, 0.1) is 0 Å². The van der Waals surface area contributed by atoms with Gasteiger partial charge in [0.25, 0.3) is 5.91 Å². The van der Waals surface area contributed by atoms with Crippen molar-refractivity contribution < 1.29 is 22.7 Å². The van der Waals surface area contributed by atoms with E-state index in [1.54, 1.807) is 18.2 Å². The van der Waals surface area contributed by atoms with Crippen LogP contribution in [0.4, 0.5) is 24.8 Å². The van der Waals surface area contributed by atoms with Crippen LogP contribution < -0.4 is 15.8 Å². The van der Waals surface area contributed by atoms with Crippen LogP contribution in [0, 0.1) is 0 Å². The standard InChI is InChI=1S/C17H14F3N5O2S/c18-17(19,20)27-13-6-4-12(5-7-13)22-14(26)11-3-1-2-10(8-11)9-28-16-23-15(21)24-25-16/h1-8H,9H2,(H,22,26)(H3,21,23,24,25). The normalized spacial score (nSPS) is 11.2. The molecule has 4 N–H and O–H groups in total. The molecule has 0 bridgehead atoms. The Balaban J connectivity index is 1.61. The van der Waals surface area contributed by atoms with Crippen molar-refractivity contribution in [1.29, 1.82) is 0 Å². The number of aromatic nitrogens is 3. The molecule has 11 heteroatoms. The average Bonchev–Trinajstić information content (AvgIpc) is 3.06. The minimum absolute atomic E-state index is 0.224. The van der Waals surface area contributed by atoms with Gasteiger partial charge in [0.1, 0.15) is 5.75 Å². The number of H-pyrrole nitrogens is 1. The summed E-state index contributed by atoms with van der Waals surface area (Å²) < 4.78 is 40.3. The third-order valence-electron chi connectivity index (χ3n) is 3.39. The zero-order valence-corrected chi connectivity index (χ0v) is 15.0. The molecule has 1 heterocycles. The number of halogens is 3. The number of rotatable bonds is 6. The fourth-order valence-corrected chi connectivity index (χ4v) is 2.96. The van der Waals surface area contributed by atoms with Gasteiger partial charge < -0.3 is 15.8 Å². The number of aromatic amines is 1. The van der Waals surface area contributed by atoms with Gasteiger partial charge in [-0.2, -0.15) is 4.98 Å². The predicted octanol–water partition coefficient (Wildman–Crippen LogP) is 3.83. The second kappa shape index (κ2) is 8.21. The van der Waals surface area contributed by atoms with E-state index in [4.69, 9.17) is 5.73 Å². The van der Waals surface area contributed by atoms with Gasteiger partial charge in [-0.1, -0.05) is 23.9 Å². The highest BCUT2D eigenvalue weighted by molar-refractivity contribution is 7.98. The van der Waals surface area contributed by atoms with Crippen molar-refractivity contribution >= 4 is 29.3 Å². The Kier molecular flexibility index (Phi) is 5.73. The molecule has 0 aliphatic heterocycles. The lowest BCUT2D eigenvalue weighted by Gasteiger charge is -2.10. The predicted molar refractivity (Wildman–Crippen MR) is 97.9 cm³/mol. The van der Waals surface area contributed by atoms with E-state index in [0.717, 1.165) is 17.7 Å². The number of nitrogens with one attached hydrogen (secondary N) is 2. The third kappa shape index (κ3) is 5.64. The molecule has 1 aromatic heterocycles. The largest absolute Gasteiger partial charge is 0.573 e. The fraction of sp³-hybridized carbons (Fsp3) is 0.118. The molecule has 0 atom stereocenters. The van der Waals surface area contributed by atoms with Gasteiger partial charge in [-0.15, -0.1) is 18.3 Å². The number of hydrogen-bond acceptors (Lipinski definition) is 6. The number of nitrogen functional groups attached to an aromatic ring is 1. The van der Waals surface area contributed by atoms with Gasteiger partial charge in [-0.3, -0.25) is 4.79 Å². The molecule has 146 valence electrons. The number of hydrogen-bond donors (Lipinski definition) is 3. The van der Waals surface area contributed by atoms with Gasteiger partial charge in [-0.05, 0) is 42.0 Å². The summed E-state index contributed by atoms with van der Waals surface area (Å²) in [6.07, 6.45) is -4.76. The monoisotopic (exact) mass is 409 g/mol. The van der Waals surface area contributed by atoms with E-state index in [1.165, 1.54) is 23.9 Å². The molecule has 0 aliphatic rings. The SMILES string of the molecule is Nc1nc(SCc2cccc(C(=O)Nc3ccc(OC(F)(F)F)cc3)c2)n[nH]1. The van der Waals surface area contributed by atoms with Gasteiger partial charge in [0.15, 0.2) is 0 Å². The van der Waals surface area contributed by atoms with E-state index in [2.05, 4.69) is 25.2 Å². The number of alkyl halides is 3. The highest BCUT2D eigenvalue weighted by Crippen LogP contribution is 2.24. The van der Waals surface area contributed by atoms with E-state index in [9.17, 15) is 18.0 Å². The zero-order chi connectivity index (χ0) is 20.1. The van der Waals surface area contributed by atoms with Crippen LogP contribution in [0.15, 0.2) is 53.7 Å². The third-order valence-corrected chi connectivity index (χ3v) is 4.30. The maximum Gasteiger partial charge on any atom is 0.573 e. The molecule has 2 aromatic carbocycles. The Hall–Kier alpha value is -3.21. The first-order chi connectivity index (χ1) is 13.3. The molecule has 28 heavy (non-hydrogen) atoms. The van der Waals surface area contributed by atoms with Gasteiger partial charge in [0.2, 0.25) is 11.1 Å². The Morgan fingerprint density at radius 2 is 1.96 bits per heavy atom. The van der Waals surface area contributed by atoms with Gasteiger partial charge in [-0.25, -0.2) is 5.10 Å². The molecule has 0 unspecified atom stereocenters. The van der Waals surface area contributed by atoms with E-state index in [-0.39, 0.29) is 11.7 Å². The van der Waals surface area contributed by atoms with Crippen LogP contribution in [0.1, 0.15) is 15.9 Å². The molecule has 0 saturated heterocycles. The highest BCUT2D eigenvalue weighted by Gasteiger charge is 2.30. The quantitative estimate of drug-likeness (QED) is 0.535. The Morgan fingerprint density at radius 3 is 2.61 bits per heavy atom. The van der Waals surface area contributed by atoms with E-state index in [0.29, 0.717) is 22.2 Å². The lowest BCUT2D eigenvalue weighted by molar-refractivity contribution is -0.274. The number of nitrogens with two attached hydrogens (primary N) is 1. The summed E-state index contributed by atoms with van der Waals surface area (Å²) in [6.45, 7) is 0. The van der Waals surface area contributed by atoms with Crippen LogP contribution in [-0.4, -0.2) is 27.5 Å². The number of carbonyl (C=O) groups is 1. The lowest BCUT2D eigenvalue weighted by atomic mass is 10.1. The van der Waals surface area contributed by atoms with E-state index < -0.39 is 12.3 Å². The zero-order valence-electron chi connectivity index (χ0n) is 14.2. The highest BCUT2D eigenvalue weighted by atomic mass is 32.2. The summed E-state index contributed by atoms with van der Waals surface area (Å²) in [5, 5.41) is 9.57. The fourth-order valence-electron chi connectivity index (χ4n) is 2.22. The number of anilines is 2. The summed E-state index contributed by atoms with van der Waals surface area (Å²) in [7, 11) is 0. The molecule has 0 saturated carbocycles. The van der Waals surface area contributed by atoms with E-state index in [1.807, 2.05) is 6.07 Å². The first kappa shape index (κ1) is 19.5. The van der Waals surface area contributed by atoms with Crippen LogP contribution in [-0.2, 0) is 5.75 Å². The molecular formula is C17H14F3N5O2S. The van der Waals surface area contributed by atoms with Crippen LogP contribution in [0.5, 0.6) is 5.75 Å². The summed E-state index contributed by atoms with van der Waals surface area (Å²) >= 11 is 1.35. The first-order valence-electron chi connectivity index (χ1n) is 7.85. The van der Waals surface area contributed by atoms with Gasteiger partial charge in [0, 0.05) is 17.0 Å². The number of amides is 1. The number of nitrogens with zero attached hydrogens (tertiary/aromatic N) is 2. The summed E-state index contributed by atoms with van der Waals surface area (Å²) in [5.41, 5.74) is 7.08. The summed E-state index contributed by atoms with van der Waals surface area (Å²) in [6, 6.07) is 11.8. The van der Waals surface area contributed by atoms with Crippen molar-refractivity contribution in [3.63, 3.8) is 0 Å². The molecule has 0 spiro atoms. The van der Waals surface area contributed by atoms with Crippen LogP contribution in [0.2, 0.25) is 0 Å². The van der Waals surface area contributed by atoms with Crippen molar-refractivity contribution in [2.75, 3.05) is 11.1 Å². The number of benzene rings is 2. The van der Waals surface area contributed by atoms with Crippen molar-refractivity contribution in [2.24, 2.45) is 0 Å². The Bertz CT molecular complexity index is 960. The van der Waals surface area contributed by atoms with Crippen molar-refractivity contribution in [3.05, 3.63) is 59.7 Å². The number of ether oxygens (including phenoxy) is 1. The maximum atomic E-state index is 12.4. The molecule has 0 aliphatic carbocycles. The summed E-state index contributed by atoms with van der Waals surface area (Å²) in [4.78, 5) is 16.4. The molecule has 3 rings (SSSR count). The molecule has 7 nitrogen and oxygen atoms in total. The van der Waals surface area contributed by atoms with Crippen LogP contribution in [0.25, 0.3) is 0 Å².